The number of hydrogen-bond acceptors (Lipinski definition) is 5. The Hall–Kier alpha value is -2.08. The molecule has 0 fully saturated rings. The highest BCUT2D eigenvalue weighted by atomic mass is 32.1. The quantitative estimate of drug-likeness (QED) is 0.922. The Kier molecular flexibility index (Phi) is 4.06. The van der Waals surface area contributed by atoms with Gasteiger partial charge < -0.3 is 9.47 Å². The maximum atomic E-state index is 11.9. The van der Waals surface area contributed by atoms with Gasteiger partial charge in [-0.1, -0.05) is 6.07 Å². The van der Waals surface area contributed by atoms with E-state index < -0.39 is 0 Å². The lowest BCUT2D eigenvalue weighted by Crippen LogP contribution is -2.20. The maximum absolute atomic E-state index is 11.9. The van der Waals surface area contributed by atoms with Crippen LogP contribution in [0.2, 0.25) is 0 Å². The molecule has 0 aliphatic heterocycles. The lowest BCUT2D eigenvalue weighted by molar-refractivity contribution is -0.118. The molecule has 1 aliphatic carbocycles. The first kappa shape index (κ1) is 13.9. The number of ether oxygens (including phenoxy) is 2. The summed E-state index contributed by atoms with van der Waals surface area (Å²) in [5, 5.41) is 3.45. The Morgan fingerprint density at radius 3 is 3.05 bits per heavy atom. The Morgan fingerprint density at radius 1 is 1.38 bits per heavy atom. The van der Waals surface area contributed by atoms with Gasteiger partial charge in [0.1, 0.15) is 11.5 Å². The normalized spacial score (nSPS) is 12.8. The summed E-state index contributed by atoms with van der Waals surface area (Å²) in [6.07, 6.45) is 3.26. The summed E-state index contributed by atoms with van der Waals surface area (Å²) in [6.45, 7) is -0.0442. The monoisotopic (exact) mass is 304 g/mol. The zero-order valence-electron chi connectivity index (χ0n) is 11.7. The topological polar surface area (TPSA) is 60.5 Å². The molecule has 1 N–H and O–H groups in total. The first-order valence-corrected chi connectivity index (χ1v) is 7.61. The molecule has 21 heavy (non-hydrogen) atoms. The molecule has 1 aromatic carbocycles. The van der Waals surface area contributed by atoms with Crippen molar-refractivity contribution in [2.45, 2.75) is 19.3 Å². The summed E-state index contributed by atoms with van der Waals surface area (Å²) in [5.74, 6) is 1.10. The van der Waals surface area contributed by atoms with E-state index in [0.29, 0.717) is 16.6 Å². The van der Waals surface area contributed by atoms with Crippen molar-refractivity contribution in [3.63, 3.8) is 0 Å². The van der Waals surface area contributed by atoms with Gasteiger partial charge in [0, 0.05) is 10.9 Å². The number of benzene rings is 1. The van der Waals surface area contributed by atoms with Crippen LogP contribution in [0.15, 0.2) is 24.3 Å². The van der Waals surface area contributed by atoms with Gasteiger partial charge in [-0.15, -0.1) is 11.3 Å². The van der Waals surface area contributed by atoms with Gasteiger partial charge in [-0.2, -0.15) is 0 Å². The van der Waals surface area contributed by atoms with Crippen molar-refractivity contribution in [3.8, 4) is 11.5 Å². The second-order valence-electron chi connectivity index (χ2n) is 4.76. The fourth-order valence-corrected chi connectivity index (χ4v) is 3.31. The molecule has 5 nitrogen and oxygen atoms in total. The fraction of sp³-hybridized carbons (Fsp3) is 0.333. The Bertz CT molecular complexity index is 633. The molecule has 0 spiro atoms. The summed E-state index contributed by atoms with van der Waals surface area (Å²) in [7, 11) is 1.59. The van der Waals surface area contributed by atoms with Gasteiger partial charge in [-0.3, -0.25) is 10.1 Å². The third-order valence-corrected chi connectivity index (χ3v) is 4.33. The number of fused-ring (bicyclic) bond motifs is 1. The van der Waals surface area contributed by atoms with E-state index in [-0.39, 0.29) is 12.5 Å². The van der Waals surface area contributed by atoms with Crippen molar-refractivity contribution >= 4 is 22.4 Å². The van der Waals surface area contributed by atoms with Crippen molar-refractivity contribution in [2.24, 2.45) is 0 Å². The minimum Gasteiger partial charge on any atom is -0.497 e. The number of carbonyl (C=O) groups excluding carboxylic acids is 1. The largest absolute Gasteiger partial charge is 0.497 e. The van der Waals surface area contributed by atoms with Crippen molar-refractivity contribution in [2.75, 3.05) is 19.0 Å². The zero-order chi connectivity index (χ0) is 14.7. The summed E-state index contributed by atoms with van der Waals surface area (Å²) in [5.41, 5.74) is 1.13. The van der Waals surface area contributed by atoms with Crippen LogP contribution in [0.25, 0.3) is 0 Å². The molecule has 1 amide bonds. The smallest absolute Gasteiger partial charge is 0.264 e. The van der Waals surface area contributed by atoms with Gasteiger partial charge in [0.2, 0.25) is 0 Å². The van der Waals surface area contributed by atoms with E-state index in [2.05, 4.69) is 10.3 Å². The van der Waals surface area contributed by atoms with Crippen molar-refractivity contribution < 1.29 is 14.3 Å². The number of aromatic nitrogens is 1. The second-order valence-corrected chi connectivity index (χ2v) is 5.84. The van der Waals surface area contributed by atoms with Crippen LogP contribution in [0.4, 0.5) is 5.13 Å². The first-order chi connectivity index (χ1) is 10.2. The average molecular weight is 304 g/mol. The molecule has 0 saturated carbocycles. The van der Waals surface area contributed by atoms with Crippen LogP contribution in [0.3, 0.4) is 0 Å². The van der Waals surface area contributed by atoms with E-state index in [1.54, 1.807) is 30.6 Å². The minimum atomic E-state index is -0.203. The third-order valence-electron chi connectivity index (χ3n) is 3.25. The van der Waals surface area contributed by atoms with Crippen LogP contribution in [-0.2, 0) is 17.6 Å². The van der Waals surface area contributed by atoms with Gasteiger partial charge in [0.15, 0.2) is 11.7 Å². The number of methoxy groups -OCH3 is 1. The minimum absolute atomic E-state index is 0.0442. The molecule has 0 radical (unpaired) electrons. The highest BCUT2D eigenvalue weighted by molar-refractivity contribution is 7.15. The molecule has 1 aliphatic rings. The van der Waals surface area contributed by atoms with E-state index in [0.717, 1.165) is 18.5 Å². The van der Waals surface area contributed by atoms with E-state index in [9.17, 15) is 4.79 Å². The number of nitrogens with zero attached hydrogens (tertiary/aromatic N) is 1. The fourth-order valence-electron chi connectivity index (χ4n) is 2.24. The van der Waals surface area contributed by atoms with Crippen LogP contribution < -0.4 is 14.8 Å². The van der Waals surface area contributed by atoms with Crippen molar-refractivity contribution in [1.82, 2.24) is 4.98 Å². The molecular formula is C15H16N2O3S. The van der Waals surface area contributed by atoms with Crippen molar-refractivity contribution in [3.05, 3.63) is 34.8 Å². The van der Waals surface area contributed by atoms with E-state index in [1.165, 1.54) is 11.3 Å². The standard InChI is InChI=1S/C15H16N2O3S/c1-19-10-4-2-5-11(8-10)20-9-14(18)17-15-16-12-6-3-7-13(12)21-15/h2,4-5,8H,3,6-7,9H2,1H3,(H,16,17,18). The van der Waals surface area contributed by atoms with E-state index in [1.807, 2.05) is 12.1 Å². The summed E-state index contributed by atoms with van der Waals surface area (Å²) in [4.78, 5) is 17.6. The van der Waals surface area contributed by atoms with Crippen LogP contribution >= 0.6 is 11.3 Å². The summed E-state index contributed by atoms with van der Waals surface area (Å²) in [6, 6.07) is 7.17. The molecule has 2 aromatic rings. The molecule has 0 atom stereocenters. The van der Waals surface area contributed by atoms with Gasteiger partial charge in [0.25, 0.3) is 5.91 Å². The third kappa shape index (κ3) is 3.33. The highest BCUT2D eigenvalue weighted by Crippen LogP contribution is 2.30. The molecule has 1 aromatic heterocycles. The van der Waals surface area contributed by atoms with Gasteiger partial charge in [-0.05, 0) is 31.4 Å². The van der Waals surface area contributed by atoms with Crippen LogP contribution in [0, 0.1) is 0 Å². The number of rotatable bonds is 5. The zero-order valence-corrected chi connectivity index (χ0v) is 12.5. The lowest BCUT2D eigenvalue weighted by Gasteiger charge is -2.07. The summed E-state index contributed by atoms with van der Waals surface area (Å²) < 4.78 is 10.5. The first-order valence-electron chi connectivity index (χ1n) is 6.80. The average Bonchev–Trinajstić information content (AvgIpc) is 3.06. The number of nitrogens with one attached hydrogen (secondary N) is 1. The van der Waals surface area contributed by atoms with Crippen LogP contribution in [0.5, 0.6) is 11.5 Å². The predicted octanol–water partition coefficient (Wildman–Crippen LogP) is 2.66. The SMILES string of the molecule is COc1cccc(OCC(=O)Nc2nc3c(s2)CCC3)c1. The number of aryl methyl sites for hydroxylation is 2. The van der Waals surface area contributed by atoms with Crippen LogP contribution in [-0.4, -0.2) is 24.6 Å². The van der Waals surface area contributed by atoms with Gasteiger partial charge >= 0.3 is 0 Å². The Morgan fingerprint density at radius 2 is 2.24 bits per heavy atom. The molecule has 0 bridgehead atoms. The molecule has 6 heteroatoms. The predicted molar refractivity (Wildman–Crippen MR) is 81.3 cm³/mol. The number of anilines is 1. The molecule has 110 valence electrons. The molecule has 1 heterocycles. The molecule has 0 saturated heterocycles. The number of thiazole rings is 1. The van der Waals surface area contributed by atoms with Crippen molar-refractivity contribution in [1.29, 1.82) is 0 Å². The number of hydrogen-bond donors (Lipinski definition) is 1. The van der Waals surface area contributed by atoms with E-state index in [4.69, 9.17) is 9.47 Å². The van der Waals surface area contributed by atoms with Crippen LogP contribution in [0.1, 0.15) is 17.0 Å². The molecule has 0 unspecified atom stereocenters. The lowest BCUT2D eigenvalue weighted by atomic mass is 10.3. The van der Waals surface area contributed by atoms with E-state index >= 15 is 0 Å². The maximum Gasteiger partial charge on any atom is 0.264 e. The molecular weight excluding hydrogens is 288 g/mol. The number of amides is 1. The Labute approximate surface area is 126 Å². The van der Waals surface area contributed by atoms with Gasteiger partial charge in [0.05, 0.1) is 12.8 Å². The number of carbonyl (C=O) groups is 1. The Balaban J connectivity index is 1.53. The molecule has 3 rings (SSSR count). The summed E-state index contributed by atoms with van der Waals surface area (Å²) >= 11 is 1.56. The highest BCUT2D eigenvalue weighted by Gasteiger charge is 2.17. The second kappa shape index (κ2) is 6.13. The van der Waals surface area contributed by atoms with Gasteiger partial charge in [-0.25, -0.2) is 4.98 Å².